The van der Waals surface area contributed by atoms with E-state index >= 15 is 0 Å². The molecule has 0 fully saturated rings. The second-order valence-electron chi connectivity index (χ2n) is 10.1. The highest BCUT2D eigenvalue weighted by atomic mass is 79.9. The molecule has 1 aromatic heterocycles. The van der Waals surface area contributed by atoms with Gasteiger partial charge in [0.15, 0.2) is 4.80 Å². The lowest BCUT2D eigenvalue weighted by Gasteiger charge is -2.25. The van der Waals surface area contributed by atoms with Crippen LogP contribution in [0.5, 0.6) is 11.5 Å². The van der Waals surface area contributed by atoms with Gasteiger partial charge in [0.25, 0.3) is 5.56 Å². The quantitative estimate of drug-likeness (QED) is 0.235. The molecule has 0 unspecified atom stereocenters. The van der Waals surface area contributed by atoms with Gasteiger partial charge in [-0.25, -0.2) is 9.79 Å². The molecule has 218 valence electrons. The van der Waals surface area contributed by atoms with E-state index in [0.29, 0.717) is 42.1 Å². The minimum atomic E-state index is -0.714. The van der Waals surface area contributed by atoms with Crippen molar-refractivity contribution in [1.29, 1.82) is 5.26 Å². The van der Waals surface area contributed by atoms with Crippen LogP contribution in [0.3, 0.4) is 0 Å². The number of benzene rings is 3. The first-order chi connectivity index (χ1) is 20.7. The number of carbonyl (C=O) groups excluding carboxylic acids is 1. The van der Waals surface area contributed by atoms with Gasteiger partial charge in [-0.3, -0.25) is 9.36 Å². The number of carbonyl (C=O) groups is 1. The highest BCUT2D eigenvalue weighted by Gasteiger charge is 2.33. The van der Waals surface area contributed by atoms with E-state index in [1.54, 1.807) is 56.7 Å². The van der Waals surface area contributed by atoms with E-state index in [4.69, 9.17) is 14.2 Å². The maximum Gasteiger partial charge on any atom is 0.338 e. The van der Waals surface area contributed by atoms with Gasteiger partial charge in [-0.15, -0.1) is 0 Å². The number of ether oxygens (including phenoxy) is 3. The zero-order valence-electron chi connectivity index (χ0n) is 24.0. The number of methoxy groups -OCH3 is 1. The Morgan fingerprint density at radius 1 is 1.16 bits per heavy atom. The van der Waals surface area contributed by atoms with Crippen LogP contribution in [0.15, 0.2) is 92.3 Å². The number of fused-ring (bicyclic) bond motifs is 1. The summed E-state index contributed by atoms with van der Waals surface area (Å²) in [6, 6.07) is 21.6. The Bertz CT molecular complexity index is 1950. The van der Waals surface area contributed by atoms with Gasteiger partial charge in [0.2, 0.25) is 0 Å². The number of aromatic nitrogens is 1. The van der Waals surface area contributed by atoms with E-state index in [2.05, 4.69) is 27.0 Å². The largest absolute Gasteiger partial charge is 0.497 e. The van der Waals surface area contributed by atoms with Crippen LogP contribution in [0, 0.1) is 11.3 Å². The Balaban J connectivity index is 1.52. The molecule has 0 N–H and O–H groups in total. The van der Waals surface area contributed by atoms with Gasteiger partial charge in [0, 0.05) is 5.56 Å². The predicted octanol–water partition coefficient (Wildman–Crippen LogP) is 5.41. The van der Waals surface area contributed by atoms with Crippen LogP contribution in [0.4, 0.5) is 0 Å². The monoisotopic (exact) mass is 657 g/mol. The molecule has 1 aliphatic rings. The highest BCUT2D eigenvalue weighted by molar-refractivity contribution is 9.10. The topological polar surface area (TPSA) is 103 Å². The minimum absolute atomic E-state index is 0.243. The maximum atomic E-state index is 13.9. The van der Waals surface area contributed by atoms with Gasteiger partial charge < -0.3 is 14.2 Å². The lowest BCUT2D eigenvalue weighted by molar-refractivity contribution is -0.143. The molecule has 0 radical (unpaired) electrons. The minimum Gasteiger partial charge on any atom is -0.497 e. The Hall–Kier alpha value is -4.46. The number of hydrogen-bond donors (Lipinski definition) is 0. The van der Waals surface area contributed by atoms with Gasteiger partial charge >= 0.3 is 5.97 Å². The number of thiazole rings is 1. The van der Waals surface area contributed by atoms with Crippen molar-refractivity contribution in [2.45, 2.75) is 39.5 Å². The van der Waals surface area contributed by atoms with Crippen molar-refractivity contribution < 1.29 is 19.0 Å². The van der Waals surface area contributed by atoms with E-state index in [1.807, 2.05) is 48.5 Å². The summed E-state index contributed by atoms with van der Waals surface area (Å²) in [6.07, 6.45) is 1.46. The third-order valence-electron chi connectivity index (χ3n) is 6.79. The third-order valence-corrected chi connectivity index (χ3v) is 8.39. The van der Waals surface area contributed by atoms with Crippen LogP contribution in [-0.4, -0.2) is 23.8 Å². The molecular weight excluding hydrogens is 630 g/mol. The second kappa shape index (κ2) is 12.8. The summed E-state index contributed by atoms with van der Waals surface area (Å²) in [5.41, 5.74) is 3.42. The van der Waals surface area contributed by atoms with Gasteiger partial charge in [-0.2, -0.15) is 5.26 Å². The third kappa shape index (κ3) is 6.33. The van der Waals surface area contributed by atoms with Gasteiger partial charge in [-0.1, -0.05) is 47.7 Å². The van der Waals surface area contributed by atoms with Crippen LogP contribution in [0.2, 0.25) is 0 Å². The SMILES string of the molecule is COc1ccc([C@H]2C(C(=O)OC(C)C)=C(C)N=c3s/c(=C/c4ccc(OCc5ccccc5C#N)c(Br)c4)c(=O)n32)cc1. The van der Waals surface area contributed by atoms with Crippen molar-refractivity contribution in [3.05, 3.63) is 124 Å². The van der Waals surface area contributed by atoms with Crippen LogP contribution in [-0.2, 0) is 16.1 Å². The molecule has 3 aromatic carbocycles. The zero-order chi connectivity index (χ0) is 30.7. The average Bonchev–Trinajstić information content (AvgIpc) is 3.29. The maximum absolute atomic E-state index is 13.9. The van der Waals surface area contributed by atoms with Crippen molar-refractivity contribution in [3.63, 3.8) is 0 Å². The smallest absolute Gasteiger partial charge is 0.338 e. The molecule has 43 heavy (non-hydrogen) atoms. The molecule has 0 bridgehead atoms. The van der Waals surface area contributed by atoms with Crippen molar-refractivity contribution >= 4 is 39.3 Å². The summed E-state index contributed by atoms with van der Waals surface area (Å²) in [5.74, 6) is 0.758. The molecule has 2 heterocycles. The molecule has 5 rings (SSSR count). The Kier molecular flexibility index (Phi) is 8.94. The normalized spacial score (nSPS) is 14.6. The van der Waals surface area contributed by atoms with Crippen LogP contribution in [0.1, 0.15) is 49.1 Å². The van der Waals surface area contributed by atoms with E-state index in [9.17, 15) is 14.9 Å². The lowest BCUT2D eigenvalue weighted by atomic mass is 9.96. The Morgan fingerprint density at radius 3 is 2.58 bits per heavy atom. The standard InChI is InChI=1S/C33H28BrN3O5S/c1-19(2)42-32(39)29-20(3)36-33-37(30(29)22-10-12-25(40-4)13-11-22)31(38)28(43-33)16-21-9-14-27(26(34)15-21)41-18-24-8-6-5-7-23(24)17-35/h5-16,19,30H,18H2,1-4H3/b28-16+/t30-/m0/s1. The molecule has 10 heteroatoms. The molecule has 0 spiro atoms. The van der Waals surface area contributed by atoms with Gasteiger partial charge in [0.1, 0.15) is 18.1 Å². The van der Waals surface area contributed by atoms with Crippen LogP contribution < -0.4 is 24.4 Å². The number of nitrogens with zero attached hydrogens (tertiary/aromatic N) is 3. The molecule has 0 saturated heterocycles. The summed E-state index contributed by atoms with van der Waals surface area (Å²) >= 11 is 4.83. The van der Waals surface area contributed by atoms with E-state index in [1.165, 1.54) is 11.3 Å². The highest BCUT2D eigenvalue weighted by Crippen LogP contribution is 2.32. The number of halogens is 1. The van der Waals surface area contributed by atoms with E-state index in [-0.39, 0.29) is 18.3 Å². The lowest BCUT2D eigenvalue weighted by Crippen LogP contribution is -2.40. The Labute approximate surface area is 260 Å². The Morgan fingerprint density at radius 2 is 1.91 bits per heavy atom. The number of hydrogen-bond acceptors (Lipinski definition) is 8. The molecule has 0 aliphatic carbocycles. The zero-order valence-corrected chi connectivity index (χ0v) is 26.4. The summed E-state index contributed by atoms with van der Waals surface area (Å²) in [4.78, 5) is 32.3. The molecule has 0 saturated carbocycles. The van der Waals surface area contributed by atoms with Crippen molar-refractivity contribution in [2.24, 2.45) is 4.99 Å². The van der Waals surface area contributed by atoms with Crippen LogP contribution in [0.25, 0.3) is 6.08 Å². The number of nitriles is 1. The first-order valence-corrected chi connectivity index (χ1v) is 15.1. The van der Waals surface area contributed by atoms with Gasteiger partial charge in [-0.05, 0) is 84.2 Å². The fourth-order valence-electron chi connectivity index (χ4n) is 4.75. The fraction of sp³-hybridized carbons (Fsp3) is 0.212. The number of allylic oxidation sites excluding steroid dienone is 1. The van der Waals surface area contributed by atoms with E-state index < -0.39 is 12.0 Å². The average molecular weight is 659 g/mol. The fourth-order valence-corrected chi connectivity index (χ4v) is 6.31. The first kappa shape index (κ1) is 30.0. The van der Waals surface area contributed by atoms with Crippen LogP contribution >= 0.6 is 27.3 Å². The van der Waals surface area contributed by atoms with Crippen molar-refractivity contribution in [2.75, 3.05) is 7.11 Å². The van der Waals surface area contributed by atoms with Crippen molar-refractivity contribution in [1.82, 2.24) is 4.57 Å². The molecule has 8 nitrogen and oxygen atoms in total. The number of rotatable bonds is 8. The first-order valence-electron chi connectivity index (χ1n) is 13.5. The molecular formula is C33H28BrN3O5S. The van der Waals surface area contributed by atoms with Gasteiger partial charge in [0.05, 0.1) is 51.2 Å². The summed E-state index contributed by atoms with van der Waals surface area (Å²) in [7, 11) is 1.58. The van der Waals surface area contributed by atoms with Crippen molar-refractivity contribution in [3.8, 4) is 17.6 Å². The molecule has 4 aromatic rings. The summed E-state index contributed by atoms with van der Waals surface area (Å²) < 4.78 is 19.6. The molecule has 0 amide bonds. The number of esters is 1. The predicted molar refractivity (Wildman–Crippen MR) is 168 cm³/mol. The molecule has 1 atom stereocenters. The second-order valence-corrected chi connectivity index (χ2v) is 11.9. The van der Waals surface area contributed by atoms with E-state index in [0.717, 1.165) is 16.7 Å². The summed E-state index contributed by atoms with van der Waals surface area (Å²) in [5, 5.41) is 9.34. The molecule has 1 aliphatic heterocycles. The summed E-state index contributed by atoms with van der Waals surface area (Å²) in [6.45, 7) is 5.57.